The Hall–Kier alpha value is -2.23. The van der Waals surface area contributed by atoms with E-state index in [-0.39, 0.29) is 16.5 Å². The average Bonchev–Trinajstić information content (AvgIpc) is 3.20. The molecular weight excluding hydrogens is 364 g/mol. The summed E-state index contributed by atoms with van der Waals surface area (Å²) in [6, 6.07) is 6.44. The number of rotatable bonds is 3. The third kappa shape index (κ3) is 2.74. The van der Waals surface area contributed by atoms with Crippen LogP contribution in [0.15, 0.2) is 41.7 Å². The maximum Gasteiger partial charge on any atom is 0.245 e. The van der Waals surface area contributed by atoms with Gasteiger partial charge in [-0.05, 0) is 12.1 Å². The van der Waals surface area contributed by atoms with Gasteiger partial charge in [0.15, 0.2) is 5.82 Å². The fourth-order valence-electron chi connectivity index (χ4n) is 2.85. The highest BCUT2D eigenvalue weighted by Gasteiger charge is 2.32. The van der Waals surface area contributed by atoms with Crippen LogP contribution in [0.5, 0.6) is 0 Å². The molecular formula is C15H15ClN6O2S. The lowest BCUT2D eigenvalue weighted by molar-refractivity contribution is 0.336. The van der Waals surface area contributed by atoms with Crippen molar-refractivity contribution in [2.75, 3.05) is 6.54 Å². The van der Waals surface area contributed by atoms with E-state index in [1.165, 1.54) is 10.4 Å². The molecule has 4 rings (SSSR count). The lowest BCUT2D eigenvalue weighted by Gasteiger charge is -2.27. The van der Waals surface area contributed by atoms with E-state index >= 15 is 0 Å². The number of aryl methyl sites for hydroxylation is 1. The van der Waals surface area contributed by atoms with Crippen LogP contribution >= 0.6 is 11.6 Å². The number of hydrogen-bond acceptors (Lipinski definition) is 5. The van der Waals surface area contributed by atoms with Crippen LogP contribution < -0.4 is 0 Å². The summed E-state index contributed by atoms with van der Waals surface area (Å²) in [5.74, 6) is 1.23. The van der Waals surface area contributed by atoms with E-state index in [4.69, 9.17) is 11.6 Å². The summed E-state index contributed by atoms with van der Waals surface area (Å²) in [5.41, 5.74) is 0.712. The van der Waals surface area contributed by atoms with Crippen LogP contribution in [0.1, 0.15) is 5.82 Å². The van der Waals surface area contributed by atoms with Crippen LogP contribution in [0, 0.1) is 0 Å². The minimum atomic E-state index is -3.69. The Morgan fingerprint density at radius 3 is 2.68 bits per heavy atom. The van der Waals surface area contributed by atoms with Crippen molar-refractivity contribution in [2.24, 2.45) is 7.05 Å². The van der Waals surface area contributed by atoms with Gasteiger partial charge in [0.05, 0.1) is 17.9 Å². The first-order valence-corrected chi connectivity index (χ1v) is 9.44. The van der Waals surface area contributed by atoms with Crippen LogP contribution in [-0.4, -0.2) is 43.6 Å². The Balaban J connectivity index is 1.66. The van der Waals surface area contributed by atoms with E-state index < -0.39 is 10.0 Å². The van der Waals surface area contributed by atoms with Gasteiger partial charge in [-0.3, -0.25) is 0 Å². The second-order valence-electron chi connectivity index (χ2n) is 5.78. The van der Waals surface area contributed by atoms with Crippen LogP contribution in [0.3, 0.4) is 0 Å². The largest absolute Gasteiger partial charge is 0.340 e. The number of fused-ring (bicyclic) bond motifs is 1. The van der Waals surface area contributed by atoms with Crippen LogP contribution in [-0.2, 0) is 30.2 Å². The number of nitrogens with zero attached hydrogens (tertiary/aromatic N) is 6. The smallest absolute Gasteiger partial charge is 0.245 e. The molecule has 0 saturated carbocycles. The second-order valence-corrected chi connectivity index (χ2v) is 8.10. The highest BCUT2D eigenvalue weighted by molar-refractivity contribution is 7.89. The molecule has 1 aliphatic heterocycles. The fraction of sp³-hybridized carbons (Fsp3) is 0.267. The Bertz CT molecular complexity index is 1040. The Labute approximate surface area is 149 Å². The summed E-state index contributed by atoms with van der Waals surface area (Å²) >= 11 is 6.07. The molecule has 0 bridgehead atoms. The van der Waals surface area contributed by atoms with Crippen molar-refractivity contribution < 1.29 is 8.42 Å². The summed E-state index contributed by atoms with van der Waals surface area (Å²) in [4.78, 5) is 4.39. The Morgan fingerprint density at radius 1 is 1.16 bits per heavy atom. The fourth-order valence-corrected chi connectivity index (χ4v) is 4.73. The molecule has 0 saturated heterocycles. The molecule has 2 aromatic heterocycles. The van der Waals surface area contributed by atoms with Gasteiger partial charge < -0.3 is 9.13 Å². The van der Waals surface area contributed by atoms with E-state index in [0.717, 1.165) is 0 Å². The number of aromatic nitrogens is 5. The maximum atomic E-state index is 12.9. The molecule has 1 aliphatic rings. The summed E-state index contributed by atoms with van der Waals surface area (Å²) in [7, 11) is -1.81. The molecule has 0 aliphatic carbocycles. The zero-order chi connectivity index (χ0) is 17.6. The van der Waals surface area contributed by atoms with Gasteiger partial charge in [0, 0.05) is 26.3 Å². The van der Waals surface area contributed by atoms with Crippen LogP contribution in [0.25, 0.3) is 11.5 Å². The maximum absolute atomic E-state index is 12.9. The van der Waals surface area contributed by atoms with Gasteiger partial charge in [-0.15, -0.1) is 10.2 Å². The molecule has 25 heavy (non-hydrogen) atoms. The normalized spacial score (nSPS) is 15.3. The van der Waals surface area contributed by atoms with Crippen LogP contribution in [0.4, 0.5) is 0 Å². The van der Waals surface area contributed by atoms with E-state index in [9.17, 15) is 8.42 Å². The van der Waals surface area contributed by atoms with Gasteiger partial charge in [0.2, 0.25) is 10.0 Å². The summed E-state index contributed by atoms with van der Waals surface area (Å²) in [5, 5.41) is 8.54. The first kappa shape index (κ1) is 16.2. The molecule has 0 unspecified atom stereocenters. The monoisotopic (exact) mass is 378 g/mol. The van der Waals surface area contributed by atoms with Crippen molar-refractivity contribution in [3.8, 4) is 11.5 Å². The van der Waals surface area contributed by atoms with Crippen LogP contribution in [0.2, 0.25) is 5.02 Å². The van der Waals surface area contributed by atoms with Gasteiger partial charge in [0.1, 0.15) is 16.4 Å². The summed E-state index contributed by atoms with van der Waals surface area (Å²) in [6.45, 7) is 0.920. The van der Waals surface area contributed by atoms with Crippen molar-refractivity contribution in [3.63, 3.8) is 0 Å². The van der Waals surface area contributed by atoms with Crippen molar-refractivity contribution in [1.82, 2.24) is 28.6 Å². The van der Waals surface area contributed by atoms with Gasteiger partial charge in [-0.1, -0.05) is 23.7 Å². The standard InChI is InChI=1S/C15H15ClN6O2S/c1-20-8-12(17-10-20)15-19-18-14-9-21(6-7-22(14)15)25(23,24)13-5-3-2-4-11(13)16/h2-5,8,10H,6-7,9H2,1H3. The molecule has 1 aromatic carbocycles. The van der Waals surface area contributed by atoms with Gasteiger partial charge in [-0.25, -0.2) is 13.4 Å². The molecule has 0 amide bonds. The van der Waals surface area contributed by atoms with Gasteiger partial charge >= 0.3 is 0 Å². The molecule has 3 heterocycles. The third-order valence-corrected chi connectivity index (χ3v) is 6.45. The van der Waals surface area contributed by atoms with E-state index in [0.29, 0.717) is 30.4 Å². The lowest BCUT2D eigenvalue weighted by atomic mass is 10.3. The average molecular weight is 379 g/mol. The molecule has 8 nitrogen and oxygen atoms in total. The van der Waals surface area contributed by atoms with Crippen molar-refractivity contribution >= 4 is 21.6 Å². The second kappa shape index (κ2) is 5.94. The number of halogens is 1. The zero-order valence-electron chi connectivity index (χ0n) is 13.4. The number of hydrogen-bond donors (Lipinski definition) is 0. The first-order valence-electron chi connectivity index (χ1n) is 7.62. The molecule has 0 fully saturated rings. The predicted octanol–water partition coefficient (Wildman–Crippen LogP) is 1.54. The minimum Gasteiger partial charge on any atom is -0.340 e. The quantitative estimate of drug-likeness (QED) is 0.690. The number of imidazole rings is 1. The summed E-state index contributed by atoms with van der Waals surface area (Å²) in [6.07, 6.45) is 3.54. The molecule has 3 aromatic rings. The summed E-state index contributed by atoms with van der Waals surface area (Å²) < 4.78 is 30.8. The van der Waals surface area contributed by atoms with Crippen molar-refractivity contribution in [2.45, 2.75) is 18.0 Å². The highest BCUT2D eigenvalue weighted by atomic mass is 35.5. The molecule has 0 spiro atoms. The third-order valence-electron chi connectivity index (χ3n) is 4.11. The molecule has 0 atom stereocenters. The SMILES string of the molecule is Cn1cnc(-c2nnc3n2CCN(S(=O)(=O)c2ccccc2Cl)C3)c1. The Kier molecular flexibility index (Phi) is 3.86. The zero-order valence-corrected chi connectivity index (χ0v) is 14.9. The molecule has 0 N–H and O–H groups in total. The predicted molar refractivity (Wildman–Crippen MR) is 91.3 cm³/mol. The molecule has 10 heteroatoms. The van der Waals surface area contributed by atoms with E-state index in [1.54, 1.807) is 24.5 Å². The first-order chi connectivity index (χ1) is 12.0. The Morgan fingerprint density at radius 2 is 1.96 bits per heavy atom. The van der Waals surface area contributed by atoms with Gasteiger partial charge in [0.25, 0.3) is 0 Å². The molecule has 130 valence electrons. The highest BCUT2D eigenvalue weighted by Crippen LogP contribution is 2.28. The van der Waals surface area contributed by atoms with Crippen molar-refractivity contribution in [1.29, 1.82) is 0 Å². The minimum absolute atomic E-state index is 0.106. The van der Waals surface area contributed by atoms with Gasteiger partial charge in [-0.2, -0.15) is 4.31 Å². The number of sulfonamides is 1. The van der Waals surface area contributed by atoms with E-state index in [2.05, 4.69) is 15.2 Å². The van der Waals surface area contributed by atoms with E-state index in [1.807, 2.05) is 22.4 Å². The lowest BCUT2D eigenvalue weighted by Crippen LogP contribution is -2.38. The number of benzene rings is 1. The van der Waals surface area contributed by atoms with Crippen molar-refractivity contribution in [3.05, 3.63) is 47.6 Å². The molecule has 0 radical (unpaired) electrons. The topological polar surface area (TPSA) is 85.9 Å².